The highest BCUT2D eigenvalue weighted by Gasteiger charge is 2.08. The molecule has 0 bridgehead atoms. The smallest absolute Gasteiger partial charge is 0.104 e. The van der Waals surface area contributed by atoms with Gasteiger partial charge < -0.3 is 15.8 Å². The number of aliphatic hydroxyl groups excluding tert-OH is 1. The van der Waals surface area contributed by atoms with Crippen molar-refractivity contribution in [2.45, 2.75) is 19.4 Å². The summed E-state index contributed by atoms with van der Waals surface area (Å²) in [4.78, 5) is 7.44. The minimum absolute atomic E-state index is 0.483. The summed E-state index contributed by atoms with van der Waals surface area (Å²) in [6.07, 6.45) is 0.0986. The van der Waals surface area contributed by atoms with E-state index in [2.05, 4.69) is 9.97 Å². The number of aromatic amines is 1. The second-order valence-electron chi connectivity index (χ2n) is 3.69. The molecule has 0 fully saturated rings. The fourth-order valence-corrected chi connectivity index (χ4v) is 1.69. The Balaban J connectivity index is 2.37. The third-order valence-electron chi connectivity index (χ3n) is 2.45. The minimum atomic E-state index is -0.483. The molecule has 0 aliphatic heterocycles. The monoisotopic (exact) mass is 205 g/mol. The van der Waals surface area contributed by atoms with Gasteiger partial charge in [-0.15, -0.1) is 0 Å². The number of benzene rings is 1. The molecular weight excluding hydrogens is 190 g/mol. The highest BCUT2D eigenvalue weighted by molar-refractivity contribution is 5.75. The molecule has 0 amide bonds. The summed E-state index contributed by atoms with van der Waals surface area (Å²) in [6, 6.07) is 5.73. The van der Waals surface area contributed by atoms with Crippen LogP contribution in [0.4, 0.5) is 0 Å². The molecule has 0 aliphatic rings. The second kappa shape index (κ2) is 4.00. The van der Waals surface area contributed by atoms with E-state index in [0.29, 0.717) is 13.0 Å². The van der Waals surface area contributed by atoms with Crippen molar-refractivity contribution < 1.29 is 5.11 Å². The molecule has 2 rings (SSSR count). The maximum absolute atomic E-state index is 9.77. The van der Waals surface area contributed by atoms with Crippen LogP contribution in [-0.2, 0) is 0 Å². The number of aromatic nitrogens is 2. The number of nitrogens with one attached hydrogen (secondary N) is 1. The van der Waals surface area contributed by atoms with Crippen molar-refractivity contribution >= 4 is 11.0 Å². The van der Waals surface area contributed by atoms with Gasteiger partial charge in [0.1, 0.15) is 5.82 Å². The van der Waals surface area contributed by atoms with E-state index in [4.69, 9.17) is 5.73 Å². The lowest BCUT2D eigenvalue weighted by Crippen LogP contribution is -2.06. The number of rotatable bonds is 3. The molecule has 0 spiro atoms. The van der Waals surface area contributed by atoms with E-state index in [1.165, 1.54) is 0 Å². The zero-order chi connectivity index (χ0) is 10.8. The van der Waals surface area contributed by atoms with Crippen LogP contribution in [0.1, 0.15) is 23.9 Å². The van der Waals surface area contributed by atoms with Crippen LogP contribution in [-0.4, -0.2) is 21.6 Å². The van der Waals surface area contributed by atoms with Crippen molar-refractivity contribution in [1.29, 1.82) is 0 Å². The van der Waals surface area contributed by atoms with E-state index in [-0.39, 0.29) is 0 Å². The van der Waals surface area contributed by atoms with E-state index < -0.39 is 6.10 Å². The van der Waals surface area contributed by atoms with Crippen molar-refractivity contribution in [3.63, 3.8) is 0 Å². The van der Waals surface area contributed by atoms with E-state index >= 15 is 0 Å². The van der Waals surface area contributed by atoms with Crippen molar-refractivity contribution in [2.24, 2.45) is 5.73 Å². The first-order valence-electron chi connectivity index (χ1n) is 5.05. The number of hydrogen-bond donors (Lipinski definition) is 3. The summed E-state index contributed by atoms with van der Waals surface area (Å²) < 4.78 is 0. The molecule has 1 aromatic carbocycles. The van der Waals surface area contributed by atoms with Gasteiger partial charge >= 0.3 is 0 Å². The second-order valence-corrected chi connectivity index (χ2v) is 3.69. The summed E-state index contributed by atoms with van der Waals surface area (Å²) in [5, 5.41) is 9.77. The molecule has 0 radical (unpaired) electrons. The number of H-pyrrole nitrogens is 1. The number of nitrogens with zero attached hydrogens (tertiary/aromatic N) is 1. The van der Waals surface area contributed by atoms with E-state index in [9.17, 15) is 5.11 Å². The van der Waals surface area contributed by atoms with Crippen LogP contribution in [0.3, 0.4) is 0 Å². The van der Waals surface area contributed by atoms with Gasteiger partial charge in [-0.3, -0.25) is 0 Å². The number of imidazole rings is 1. The van der Waals surface area contributed by atoms with Gasteiger partial charge in [0.2, 0.25) is 0 Å². The fraction of sp³-hybridized carbons (Fsp3) is 0.364. The first kappa shape index (κ1) is 10.1. The average molecular weight is 205 g/mol. The van der Waals surface area contributed by atoms with Crippen LogP contribution in [0.15, 0.2) is 18.2 Å². The Kier molecular flexibility index (Phi) is 2.70. The first-order valence-corrected chi connectivity index (χ1v) is 5.05. The Morgan fingerprint density at radius 1 is 1.53 bits per heavy atom. The number of aliphatic hydroxyl groups is 1. The maximum atomic E-state index is 9.77. The van der Waals surface area contributed by atoms with Gasteiger partial charge in [0, 0.05) is 0 Å². The zero-order valence-electron chi connectivity index (χ0n) is 8.70. The molecule has 80 valence electrons. The molecule has 1 heterocycles. The van der Waals surface area contributed by atoms with Gasteiger partial charge in [0.05, 0.1) is 17.1 Å². The maximum Gasteiger partial charge on any atom is 0.104 e. The minimum Gasteiger partial charge on any atom is -0.388 e. The summed E-state index contributed by atoms with van der Waals surface area (Å²) in [5.41, 5.74) is 8.18. The van der Waals surface area contributed by atoms with Crippen LogP contribution in [0.2, 0.25) is 0 Å². The Bertz CT molecular complexity index is 464. The van der Waals surface area contributed by atoms with Gasteiger partial charge in [-0.25, -0.2) is 4.98 Å². The summed E-state index contributed by atoms with van der Waals surface area (Å²) >= 11 is 0. The highest BCUT2D eigenvalue weighted by Crippen LogP contribution is 2.20. The Morgan fingerprint density at radius 2 is 2.33 bits per heavy atom. The van der Waals surface area contributed by atoms with E-state index in [1.54, 1.807) is 0 Å². The van der Waals surface area contributed by atoms with Gasteiger partial charge in [-0.2, -0.15) is 0 Å². The third kappa shape index (κ3) is 2.00. The lowest BCUT2D eigenvalue weighted by Gasteiger charge is -2.08. The quantitative estimate of drug-likeness (QED) is 0.706. The lowest BCUT2D eigenvalue weighted by molar-refractivity contribution is 0.170. The predicted octanol–water partition coefficient (Wildman–Crippen LogP) is 1.25. The van der Waals surface area contributed by atoms with Gasteiger partial charge in [-0.05, 0) is 37.6 Å². The molecule has 0 saturated heterocycles. The molecule has 4 heteroatoms. The Labute approximate surface area is 88.1 Å². The van der Waals surface area contributed by atoms with E-state index in [1.807, 2.05) is 25.1 Å². The molecule has 4 N–H and O–H groups in total. The number of nitrogens with two attached hydrogens (primary N) is 1. The molecule has 1 aromatic heterocycles. The number of fused-ring (bicyclic) bond motifs is 1. The zero-order valence-corrected chi connectivity index (χ0v) is 8.70. The SMILES string of the molecule is Cc1nc2ccc(C(O)CCN)cc2[nH]1. The van der Waals surface area contributed by atoms with Crippen LogP contribution in [0, 0.1) is 6.92 Å². The summed E-state index contributed by atoms with van der Waals surface area (Å²) in [7, 11) is 0. The summed E-state index contributed by atoms with van der Waals surface area (Å²) in [6.45, 7) is 2.40. The molecule has 1 atom stereocenters. The first-order chi connectivity index (χ1) is 7.20. The lowest BCUT2D eigenvalue weighted by atomic mass is 10.1. The number of hydrogen-bond acceptors (Lipinski definition) is 3. The van der Waals surface area contributed by atoms with Crippen LogP contribution < -0.4 is 5.73 Å². The predicted molar refractivity (Wildman–Crippen MR) is 59.5 cm³/mol. The highest BCUT2D eigenvalue weighted by atomic mass is 16.3. The van der Waals surface area contributed by atoms with Crippen LogP contribution >= 0.6 is 0 Å². The normalized spacial score (nSPS) is 13.3. The molecule has 4 nitrogen and oxygen atoms in total. The topological polar surface area (TPSA) is 74.9 Å². The molecule has 2 aromatic rings. The van der Waals surface area contributed by atoms with Crippen molar-refractivity contribution in [3.05, 3.63) is 29.6 Å². The largest absolute Gasteiger partial charge is 0.388 e. The van der Waals surface area contributed by atoms with Gasteiger partial charge in [0.15, 0.2) is 0 Å². The van der Waals surface area contributed by atoms with E-state index in [0.717, 1.165) is 22.4 Å². The van der Waals surface area contributed by atoms with Crippen molar-refractivity contribution in [2.75, 3.05) is 6.54 Å². The van der Waals surface area contributed by atoms with Crippen molar-refractivity contribution in [1.82, 2.24) is 9.97 Å². The van der Waals surface area contributed by atoms with Crippen LogP contribution in [0.25, 0.3) is 11.0 Å². The van der Waals surface area contributed by atoms with Gasteiger partial charge in [-0.1, -0.05) is 6.07 Å². The number of aryl methyl sites for hydroxylation is 1. The Hall–Kier alpha value is -1.39. The molecule has 0 saturated carbocycles. The Morgan fingerprint density at radius 3 is 3.07 bits per heavy atom. The molecule has 0 aliphatic carbocycles. The molecule has 15 heavy (non-hydrogen) atoms. The molecule has 1 unspecified atom stereocenters. The average Bonchev–Trinajstić information content (AvgIpc) is 2.57. The van der Waals surface area contributed by atoms with Crippen molar-refractivity contribution in [3.8, 4) is 0 Å². The standard InChI is InChI=1S/C11H15N3O/c1-7-13-9-3-2-8(6-10(9)14-7)11(15)4-5-12/h2-3,6,11,15H,4-5,12H2,1H3,(H,13,14). The fourth-order valence-electron chi connectivity index (χ4n) is 1.69. The van der Waals surface area contributed by atoms with Crippen LogP contribution in [0.5, 0.6) is 0 Å². The van der Waals surface area contributed by atoms with Gasteiger partial charge in [0.25, 0.3) is 0 Å². The molecular formula is C11H15N3O. The summed E-state index contributed by atoms with van der Waals surface area (Å²) in [5.74, 6) is 0.885. The third-order valence-corrected chi connectivity index (χ3v) is 2.45.